The second-order valence-corrected chi connectivity index (χ2v) is 10.7. The quantitative estimate of drug-likeness (QED) is 0.375. The van der Waals surface area contributed by atoms with Gasteiger partial charge in [0, 0.05) is 11.3 Å². The zero-order chi connectivity index (χ0) is 25.1. The molecule has 6 atom stereocenters. The topological polar surface area (TPSA) is 92.8 Å². The molecule has 184 valence electrons. The fraction of sp³-hybridized carbons (Fsp3) is 0.379. The molecule has 1 N–H and O–H groups in total. The molecule has 5 aliphatic rings. The maximum atomic E-state index is 13.4. The molecule has 2 aromatic carbocycles. The summed E-state index contributed by atoms with van der Waals surface area (Å²) >= 11 is 0. The minimum Gasteiger partial charge on any atom is -0.462 e. The molecular weight excluding hydrogens is 456 g/mol. The maximum Gasteiger partial charge on any atom is 0.338 e. The van der Waals surface area contributed by atoms with Crippen molar-refractivity contribution in [3.63, 3.8) is 0 Å². The van der Waals surface area contributed by atoms with E-state index in [1.807, 2.05) is 13.8 Å². The Balaban J connectivity index is 1.16. The van der Waals surface area contributed by atoms with Gasteiger partial charge in [-0.25, -0.2) is 9.69 Å². The summed E-state index contributed by atoms with van der Waals surface area (Å²) in [7, 11) is 0. The first-order chi connectivity index (χ1) is 17.3. The lowest BCUT2D eigenvalue weighted by atomic mass is 9.63. The Labute approximate surface area is 209 Å². The normalized spacial score (nSPS) is 29.2. The highest BCUT2D eigenvalue weighted by molar-refractivity contribution is 6.23. The van der Waals surface area contributed by atoms with E-state index in [4.69, 9.17) is 4.74 Å². The lowest BCUT2D eigenvalue weighted by Crippen LogP contribution is -2.40. The predicted molar refractivity (Wildman–Crippen MR) is 133 cm³/mol. The van der Waals surface area contributed by atoms with Crippen molar-refractivity contribution in [2.24, 2.45) is 41.4 Å². The van der Waals surface area contributed by atoms with Crippen molar-refractivity contribution in [3.05, 3.63) is 71.8 Å². The largest absolute Gasteiger partial charge is 0.462 e. The smallest absolute Gasteiger partial charge is 0.338 e. The molecule has 7 heteroatoms. The summed E-state index contributed by atoms with van der Waals surface area (Å²) in [6, 6.07) is 13.1. The summed E-state index contributed by atoms with van der Waals surface area (Å²) < 4.78 is 5.23. The van der Waals surface area contributed by atoms with E-state index in [9.17, 15) is 19.2 Å². The number of esters is 1. The van der Waals surface area contributed by atoms with Crippen LogP contribution in [-0.2, 0) is 14.3 Å². The third-order valence-electron chi connectivity index (χ3n) is 7.96. The first-order valence-corrected chi connectivity index (χ1v) is 12.6. The van der Waals surface area contributed by atoms with Gasteiger partial charge in [0.2, 0.25) is 11.8 Å². The van der Waals surface area contributed by atoms with Gasteiger partial charge in [-0.3, -0.25) is 14.4 Å². The van der Waals surface area contributed by atoms with Gasteiger partial charge in [0.05, 0.1) is 29.7 Å². The average Bonchev–Trinajstić information content (AvgIpc) is 3.66. The summed E-state index contributed by atoms with van der Waals surface area (Å²) in [5.41, 5.74) is 1.70. The van der Waals surface area contributed by atoms with Crippen molar-refractivity contribution in [3.8, 4) is 0 Å². The van der Waals surface area contributed by atoms with Crippen LogP contribution in [0.3, 0.4) is 0 Å². The Kier molecular flexibility index (Phi) is 5.32. The third-order valence-corrected chi connectivity index (χ3v) is 7.96. The van der Waals surface area contributed by atoms with Crippen LogP contribution < -0.4 is 10.2 Å². The first kappa shape index (κ1) is 22.7. The Morgan fingerprint density at radius 1 is 0.944 bits per heavy atom. The Bertz CT molecular complexity index is 1260. The molecule has 0 unspecified atom stereocenters. The number of ether oxygens (including phenoxy) is 1. The average molecular weight is 485 g/mol. The molecule has 7 nitrogen and oxygen atoms in total. The number of imide groups is 1. The van der Waals surface area contributed by atoms with E-state index in [1.54, 1.807) is 48.5 Å². The number of anilines is 2. The summed E-state index contributed by atoms with van der Waals surface area (Å²) in [5.74, 6) is 0.0144. The Morgan fingerprint density at radius 2 is 1.58 bits per heavy atom. The minimum absolute atomic E-state index is 0.146. The van der Waals surface area contributed by atoms with E-state index < -0.39 is 5.97 Å². The maximum absolute atomic E-state index is 13.4. The lowest BCUT2D eigenvalue weighted by molar-refractivity contribution is -0.124. The van der Waals surface area contributed by atoms with Gasteiger partial charge >= 0.3 is 5.97 Å². The Morgan fingerprint density at radius 3 is 2.19 bits per heavy atom. The van der Waals surface area contributed by atoms with Crippen LogP contribution in [0, 0.1) is 41.4 Å². The zero-order valence-corrected chi connectivity index (χ0v) is 20.2. The number of rotatable bonds is 6. The SMILES string of the molecule is CC(C)COC(=O)c1ccc(NC(=O)c2cccc(N3C(=O)[C@@H]4[C@H]5C=C[C@@H]([C@@H]6C[C@H]56)[C@@H]4C3=O)c2)cc1. The number of carbonyl (C=O) groups excluding carboxylic acids is 4. The Hall–Kier alpha value is -3.74. The molecule has 4 aliphatic carbocycles. The molecule has 7 rings (SSSR count). The van der Waals surface area contributed by atoms with Crippen molar-refractivity contribution >= 4 is 35.1 Å². The molecule has 2 bridgehead atoms. The van der Waals surface area contributed by atoms with Crippen molar-refractivity contribution < 1.29 is 23.9 Å². The van der Waals surface area contributed by atoms with Gasteiger partial charge in [0.15, 0.2) is 0 Å². The molecule has 1 aliphatic heterocycles. The van der Waals surface area contributed by atoms with E-state index in [0.717, 1.165) is 6.42 Å². The molecule has 0 radical (unpaired) electrons. The number of nitrogens with one attached hydrogen (secondary N) is 1. The molecule has 2 aromatic rings. The van der Waals surface area contributed by atoms with Crippen molar-refractivity contribution in [1.82, 2.24) is 0 Å². The van der Waals surface area contributed by atoms with E-state index >= 15 is 0 Å². The highest BCUT2D eigenvalue weighted by atomic mass is 16.5. The molecule has 36 heavy (non-hydrogen) atoms. The number of hydrogen-bond donors (Lipinski definition) is 1. The highest BCUT2D eigenvalue weighted by Gasteiger charge is 2.67. The van der Waals surface area contributed by atoms with Crippen molar-refractivity contribution in [1.29, 1.82) is 0 Å². The van der Waals surface area contributed by atoms with E-state index in [1.165, 1.54) is 4.90 Å². The van der Waals surface area contributed by atoms with Crippen LogP contribution in [0.5, 0.6) is 0 Å². The van der Waals surface area contributed by atoms with Crippen LogP contribution >= 0.6 is 0 Å². The van der Waals surface area contributed by atoms with Gasteiger partial charge < -0.3 is 10.1 Å². The zero-order valence-electron chi connectivity index (χ0n) is 20.2. The monoisotopic (exact) mass is 484 g/mol. The van der Waals surface area contributed by atoms with Crippen molar-refractivity contribution in [2.75, 3.05) is 16.8 Å². The van der Waals surface area contributed by atoms with Crippen LogP contribution in [0.15, 0.2) is 60.7 Å². The minimum atomic E-state index is -0.407. The predicted octanol–water partition coefficient (Wildman–Crippen LogP) is 4.31. The molecule has 3 fully saturated rings. The van der Waals surface area contributed by atoms with E-state index in [0.29, 0.717) is 40.9 Å². The molecule has 0 aromatic heterocycles. The second-order valence-electron chi connectivity index (χ2n) is 10.7. The first-order valence-electron chi connectivity index (χ1n) is 12.6. The van der Waals surface area contributed by atoms with Crippen LogP contribution in [-0.4, -0.2) is 30.3 Å². The number of benzene rings is 2. The highest BCUT2D eigenvalue weighted by Crippen LogP contribution is 2.65. The number of carbonyl (C=O) groups is 4. The van der Waals surface area contributed by atoms with Gasteiger partial charge in [-0.2, -0.15) is 0 Å². The van der Waals surface area contributed by atoms with E-state index in [2.05, 4.69) is 17.5 Å². The summed E-state index contributed by atoms with van der Waals surface area (Å²) in [5, 5.41) is 2.81. The number of amides is 3. The van der Waals surface area contributed by atoms with Crippen LogP contribution in [0.25, 0.3) is 0 Å². The number of hydrogen-bond acceptors (Lipinski definition) is 5. The molecule has 1 saturated heterocycles. The van der Waals surface area contributed by atoms with Crippen LogP contribution in [0.1, 0.15) is 41.0 Å². The molecular formula is C29H28N2O5. The van der Waals surface area contributed by atoms with Gasteiger partial charge in [-0.1, -0.05) is 32.1 Å². The van der Waals surface area contributed by atoms with Gasteiger partial charge in [0.1, 0.15) is 0 Å². The summed E-state index contributed by atoms with van der Waals surface area (Å²) in [6.45, 7) is 4.27. The fourth-order valence-electron chi connectivity index (χ4n) is 6.22. The standard InChI is InChI=1S/C29H28N2O5/c1-15(2)14-36-29(35)16-6-8-18(9-7-16)30-26(32)17-4-3-5-19(12-17)31-27(33)24-20-10-11-21(23-13-22(20)23)25(24)28(31)34/h3-12,15,20-25H,13-14H2,1-2H3,(H,30,32)/t20-,21-,22-,23+,24-,25+/m0/s1. The molecule has 2 saturated carbocycles. The van der Waals surface area contributed by atoms with Crippen LogP contribution in [0.4, 0.5) is 11.4 Å². The number of nitrogens with zero attached hydrogens (tertiary/aromatic N) is 1. The van der Waals surface area contributed by atoms with Gasteiger partial charge in [0.25, 0.3) is 5.91 Å². The van der Waals surface area contributed by atoms with E-state index in [-0.39, 0.29) is 47.3 Å². The fourth-order valence-corrected chi connectivity index (χ4v) is 6.22. The van der Waals surface area contributed by atoms with Crippen molar-refractivity contribution in [2.45, 2.75) is 20.3 Å². The number of allylic oxidation sites excluding steroid dienone is 2. The lowest BCUT2D eigenvalue weighted by Gasteiger charge is -2.37. The molecule has 3 amide bonds. The van der Waals surface area contributed by atoms with Gasteiger partial charge in [-0.15, -0.1) is 0 Å². The summed E-state index contributed by atoms with van der Waals surface area (Å²) in [6.07, 6.45) is 5.41. The third kappa shape index (κ3) is 3.65. The van der Waals surface area contributed by atoms with Gasteiger partial charge in [-0.05, 0) is 78.5 Å². The molecule has 0 spiro atoms. The van der Waals surface area contributed by atoms with Crippen LogP contribution in [0.2, 0.25) is 0 Å². The second kappa shape index (κ2) is 8.43. The molecule has 1 heterocycles. The summed E-state index contributed by atoms with van der Waals surface area (Å²) in [4.78, 5) is 53.1.